The Kier molecular flexibility index (Phi) is 6.27. The summed E-state index contributed by atoms with van der Waals surface area (Å²) in [6, 6.07) is 0. The van der Waals surface area contributed by atoms with E-state index < -0.39 is 18.2 Å². The number of rotatable bonds is 6. The van der Waals surface area contributed by atoms with Crippen LogP contribution in [-0.2, 0) is 19.5 Å². The summed E-state index contributed by atoms with van der Waals surface area (Å²) in [5.41, 5.74) is 7.55. The van der Waals surface area contributed by atoms with Gasteiger partial charge in [-0.2, -0.15) is 18.3 Å². The number of nitrogens with one attached hydrogen (secondary N) is 1. The van der Waals surface area contributed by atoms with Crippen LogP contribution in [0.1, 0.15) is 37.1 Å². The second kappa shape index (κ2) is 8.97. The Balaban J connectivity index is 1.56. The van der Waals surface area contributed by atoms with Gasteiger partial charge < -0.3 is 10.6 Å². The lowest BCUT2D eigenvalue weighted by atomic mass is 9.85. The molecular weight excluding hydrogens is 447 g/mol. The molecule has 0 radical (unpaired) electrons. The Morgan fingerprint density at radius 2 is 2.16 bits per heavy atom. The first-order chi connectivity index (χ1) is 15.2. The molecule has 0 amide bonds. The summed E-state index contributed by atoms with van der Waals surface area (Å²) >= 11 is 6.11. The zero-order valence-electron chi connectivity index (χ0n) is 17.2. The van der Waals surface area contributed by atoms with Gasteiger partial charge in [-0.1, -0.05) is 35.4 Å². The molecule has 2 aromatic heterocycles. The average molecular weight is 470 g/mol. The molecule has 2 aromatic rings. The zero-order chi connectivity index (χ0) is 22.9. The first-order valence-electron chi connectivity index (χ1n) is 10.3. The van der Waals surface area contributed by atoms with E-state index in [-0.39, 0.29) is 17.3 Å². The quantitative estimate of drug-likeness (QED) is 0.630. The maximum atomic E-state index is 12.9. The van der Waals surface area contributed by atoms with Crippen molar-refractivity contribution in [1.29, 1.82) is 0 Å². The van der Waals surface area contributed by atoms with Crippen LogP contribution < -0.4 is 16.2 Å². The van der Waals surface area contributed by atoms with Gasteiger partial charge in [-0.05, 0) is 24.3 Å². The third kappa shape index (κ3) is 4.98. The number of H-pyrrole nitrogens is 1. The van der Waals surface area contributed by atoms with Crippen LogP contribution in [0.25, 0.3) is 0 Å². The molecule has 1 saturated carbocycles. The van der Waals surface area contributed by atoms with E-state index >= 15 is 0 Å². The lowest BCUT2D eigenvalue weighted by Gasteiger charge is -2.28. The molecule has 2 aliphatic rings. The Morgan fingerprint density at radius 1 is 1.38 bits per heavy atom. The average Bonchev–Trinajstić information content (AvgIpc) is 3.08. The first-order valence-corrected chi connectivity index (χ1v) is 10.7. The second-order valence-corrected chi connectivity index (χ2v) is 8.48. The van der Waals surface area contributed by atoms with Gasteiger partial charge in [-0.25, -0.2) is 9.78 Å². The van der Waals surface area contributed by atoms with Crippen LogP contribution in [0, 0.1) is 5.92 Å². The summed E-state index contributed by atoms with van der Waals surface area (Å²) in [6.07, 6.45) is 3.30. The molecule has 1 aliphatic heterocycles. The molecule has 0 saturated heterocycles. The molecule has 0 spiro atoms. The van der Waals surface area contributed by atoms with Crippen molar-refractivity contribution in [3.05, 3.63) is 56.4 Å². The van der Waals surface area contributed by atoms with E-state index in [1.54, 1.807) is 10.8 Å². The molecular formula is C20H23ClF3N7O. The molecule has 1 aliphatic carbocycles. The van der Waals surface area contributed by atoms with Crippen LogP contribution in [0.2, 0.25) is 5.02 Å². The van der Waals surface area contributed by atoms with Crippen LogP contribution in [0.5, 0.6) is 0 Å². The molecule has 0 aromatic carbocycles. The fourth-order valence-electron chi connectivity index (χ4n) is 3.83. The molecule has 12 heteroatoms. The number of aromatic amines is 1. The molecule has 32 heavy (non-hydrogen) atoms. The third-order valence-corrected chi connectivity index (χ3v) is 6.20. The zero-order valence-corrected chi connectivity index (χ0v) is 18.0. The number of anilines is 1. The smallest absolute Gasteiger partial charge is 0.394 e. The van der Waals surface area contributed by atoms with Crippen molar-refractivity contribution >= 4 is 17.3 Å². The highest BCUT2D eigenvalue weighted by Crippen LogP contribution is 2.30. The normalized spacial score (nSPS) is 17.9. The van der Waals surface area contributed by atoms with E-state index in [4.69, 9.17) is 17.3 Å². The molecule has 0 unspecified atom stereocenters. The summed E-state index contributed by atoms with van der Waals surface area (Å²) in [5, 5.41) is 14.5. The predicted octanol–water partition coefficient (Wildman–Crippen LogP) is 3.10. The van der Waals surface area contributed by atoms with Crippen LogP contribution in [-0.4, -0.2) is 37.9 Å². The highest BCUT2D eigenvalue weighted by Gasteiger charge is 2.30. The Hall–Kier alpha value is -2.82. The van der Waals surface area contributed by atoms with Crippen molar-refractivity contribution in [2.45, 2.75) is 51.4 Å². The number of fused-ring (bicyclic) bond motifs is 1. The number of nitrogens with zero attached hydrogens (tertiary/aromatic N) is 5. The summed E-state index contributed by atoms with van der Waals surface area (Å²) in [4.78, 5) is 13.6. The number of hydrogen-bond acceptors (Lipinski definition) is 6. The Morgan fingerprint density at radius 3 is 2.84 bits per heavy atom. The van der Waals surface area contributed by atoms with Gasteiger partial charge in [0.25, 0.3) is 5.56 Å². The van der Waals surface area contributed by atoms with E-state index in [1.165, 1.54) is 6.20 Å². The number of allylic oxidation sites excluding steroid dienone is 4. The molecule has 8 nitrogen and oxygen atoms in total. The van der Waals surface area contributed by atoms with Crippen molar-refractivity contribution in [2.75, 3.05) is 11.4 Å². The van der Waals surface area contributed by atoms with E-state index in [0.717, 1.165) is 25.0 Å². The molecule has 172 valence electrons. The fraction of sp³-hybridized carbons (Fsp3) is 0.500. The standard InChI is InChI=1S/C20H23ClF3N7O/c21-18-17(9-26-28-19(18)32)30-7-6-16-15(11-30)27-29-31(16)10-13(5-4-12-2-1-3-12)14(25)8-20(22,23)24/h4-5,9,12H,1-3,6-8,10-11,25H2,(H,28,32)/b5-4-,14-13+. The fourth-order valence-corrected chi connectivity index (χ4v) is 4.04. The molecule has 1 fully saturated rings. The Bertz CT molecular complexity index is 1100. The first kappa shape index (κ1) is 22.4. The third-order valence-electron chi connectivity index (χ3n) is 5.84. The van der Waals surface area contributed by atoms with E-state index in [9.17, 15) is 18.0 Å². The van der Waals surface area contributed by atoms with Gasteiger partial charge in [0.2, 0.25) is 0 Å². The van der Waals surface area contributed by atoms with Crippen molar-refractivity contribution < 1.29 is 13.2 Å². The lowest BCUT2D eigenvalue weighted by molar-refractivity contribution is -0.127. The van der Waals surface area contributed by atoms with Crippen molar-refractivity contribution in [1.82, 2.24) is 25.2 Å². The maximum Gasteiger partial charge on any atom is 0.394 e. The Labute approximate surface area is 186 Å². The van der Waals surface area contributed by atoms with Gasteiger partial charge in [-0.15, -0.1) is 5.10 Å². The van der Waals surface area contributed by atoms with Gasteiger partial charge in [-0.3, -0.25) is 4.79 Å². The van der Waals surface area contributed by atoms with Crippen molar-refractivity contribution in [3.63, 3.8) is 0 Å². The summed E-state index contributed by atoms with van der Waals surface area (Å²) in [5.74, 6) is 0.384. The number of alkyl halides is 3. The molecule has 3 heterocycles. The van der Waals surface area contributed by atoms with Crippen LogP contribution >= 0.6 is 11.6 Å². The monoisotopic (exact) mass is 469 g/mol. The number of aromatic nitrogens is 5. The minimum absolute atomic E-state index is 0.0436. The van der Waals surface area contributed by atoms with Gasteiger partial charge in [0, 0.05) is 18.7 Å². The molecule has 0 bridgehead atoms. The lowest BCUT2D eigenvalue weighted by Crippen LogP contribution is -2.33. The summed E-state index contributed by atoms with van der Waals surface area (Å²) in [6.45, 7) is 0.996. The van der Waals surface area contributed by atoms with Crippen molar-refractivity contribution in [3.8, 4) is 0 Å². The maximum absolute atomic E-state index is 12.9. The van der Waals surface area contributed by atoms with Crippen LogP contribution in [0.15, 0.2) is 34.4 Å². The highest BCUT2D eigenvalue weighted by atomic mass is 35.5. The molecule has 4 rings (SSSR count). The summed E-state index contributed by atoms with van der Waals surface area (Å²) in [7, 11) is 0. The predicted molar refractivity (Wildman–Crippen MR) is 113 cm³/mol. The highest BCUT2D eigenvalue weighted by molar-refractivity contribution is 6.32. The number of nitrogens with two attached hydrogens (primary N) is 1. The van der Waals surface area contributed by atoms with Crippen LogP contribution in [0.4, 0.5) is 18.9 Å². The number of halogens is 4. The van der Waals surface area contributed by atoms with Gasteiger partial charge in [0.05, 0.1) is 37.1 Å². The molecule has 0 atom stereocenters. The summed E-state index contributed by atoms with van der Waals surface area (Å²) < 4.78 is 40.4. The largest absolute Gasteiger partial charge is 0.401 e. The van der Waals surface area contributed by atoms with E-state index in [0.29, 0.717) is 42.4 Å². The minimum Gasteiger partial charge on any atom is -0.401 e. The SMILES string of the molecule is N/C(CC(F)(F)F)=C(\C=C/C1CCC1)Cn1nnc2c1CCN(c1cn[nH]c(=O)c1Cl)C2. The van der Waals surface area contributed by atoms with Gasteiger partial charge in [0.1, 0.15) is 10.7 Å². The number of hydrogen-bond donors (Lipinski definition) is 2. The molecule has 3 N–H and O–H groups in total. The van der Waals surface area contributed by atoms with E-state index in [1.807, 2.05) is 11.0 Å². The van der Waals surface area contributed by atoms with Crippen molar-refractivity contribution in [2.24, 2.45) is 11.7 Å². The topological polar surface area (TPSA) is 106 Å². The second-order valence-electron chi connectivity index (χ2n) is 8.10. The minimum atomic E-state index is -4.39. The van der Waals surface area contributed by atoms with E-state index in [2.05, 4.69) is 20.5 Å². The van der Waals surface area contributed by atoms with Crippen LogP contribution in [0.3, 0.4) is 0 Å². The van der Waals surface area contributed by atoms with Gasteiger partial charge >= 0.3 is 6.18 Å². The van der Waals surface area contributed by atoms with Gasteiger partial charge in [0.15, 0.2) is 0 Å².